The van der Waals surface area contributed by atoms with E-state index in [1.165, 1.54) is 4.90 Å². The van der Waals surface area contributed by atoms with Crippen LogP contribution < -0.4 is 16.4 Å². The molecule has 2 atom stereocenters. The first-order valence-electron chi connectivity index (χ1n) is 13.6. The van der Waals surface area contributed by atoms with Crippen LogP contribution in [0.3, 0.4) is 0 Å². The minimum atomic E-state index is -1.15. The highest BCUT2D eigenvalue weighted by atomic mass is 16.6. The van der Waals surface area contributed by atoms with Gasteiger partial charge in [0.25, 0.3) is 0 Å². The SMILES string of the molecule is C#Cc1ccc(C(C(=O)NCCCCC)N(C(=O)C(CCC(N)=O)NC(=O)OC(C)(C)C)C(C)(C)CC)cc1. The summed E-state index contributed by atoms with van der Waals surface area (Å²) in [7, 11) is 0. The third-order valence-electron chi connectivity index (χ3n) is 6.40. The number of rotatable bonds is 14. The lowest BCUT2D eigenvalue weighted by Gasteiger charge is -2.44. The first-order chi connectivity index (χ1) is 18.2. The number of ether oxygens (including phenoxy) is 1. The fraction of sp³-hybridized carbons (Fsp3) is 0.600. The molecule has 0 fully saturated rings. The number of carbonyl (C=O) groups excluding carboxylic acids is 4. The first-order valence-corrected chi connectivity index (χ1v) is 13.6. The molecule has 9 heteroatoms. The van der Waals surface area contributed by atoms with Gasteiger partial charge >= 0.3 is 6.09 Å². The summed E-state index contributed by atoms with van der Waals surface area (Å²) in [5.74, 6) is 1.08. The van der Waals surface area contributed by atoms with Crippen LogP contribution in [0.1, 0.15) is 104 Å². The quantitative estimate of drug-likeness (QED) is 0.240. The van der Waals surface area contributed by atoms with E-state index in [4.69, 9.17) is 16.9 Å². The summed E-state index contributed by atoms with van der Waals surface area (Å²) in [5, 5.41) is 5.59. The van der Waals surface area contributed by atoms with Crippen LogP contribution in [0.5, 0.6) is 0 Å². The molecule has 4 N–H and O–H groups in total. The Balaban J connectivity index is 3.61. The van der Waals surface area contributed by atoms with Crippen molar-refractivity contribution in [3.05, 3.63) is 35.4 Å². The van der Waals surface area contributed by atoms with Crippen LogP contribution in [0.25, 0.3) is 0 Å². The molecule has 0 radical (unpaired) electrons. The van der Waals surface area contributed by atoms with E-state index in [1.807, 2.05) is 20.8 Å². The van der Waals surface area contributed by atoms with Crippen molar-refractivity contribution < 1.29 is 23.9 Å². The molecule has 216 valence electrons. The lowest BCUT2D eigenvalue weighted by Crippen LogP contribution is -2.59. The van der Waals surface area contributed by atoms with Crippen molar-refractivity contribution in [2.45, 2.75) is 110 Å². The van der Waals surface area contributed by atoms with Crippen molar-refractivity contribution in [3.63, 3.8) is 0 Å². The van der Waals surface area contributed by atoms with Crippen LogP contribution >= 0.6 is 0 Å². The largest absolute Gasteiger partial charge is 0.444 e. The number of alkyl carbamates (subject to hydrolysis) is 1. The van der Waals surface area contributed by atoms with Crippen molar-refractivity contribution >= 4 is 23.8 Å². The molecule has 0 aromatic heterocycles. The van der Waals surface area contributed by atoms with E-state index in [0.29, 0.717) is 24.1 Å². The molecular formula is C30H46N4O5. The zero-order valence-electron chi connectivity index (χ0n) is 24.6. The number of nitrogens with zero attached hydrogens (tertiary/aromatic N) is 1. The van der Waals surface area contributed by atoms with Gasteiger partial charge in [0.15, 0.2) is 0 Å². The average molecular weight is 543 g/mol. The minimum absolute atomic E-state index is 0.0510. The summed E-state index contributed by atoms with van der Waals surface area (Å²) in [5.41, 5.74) is 4.98. The monoisotopic (exact) mass is 542 g/mol. The van der Waals surface area contributed by atoms with Crippen molar-refractivity contribution in [2.24, 2.45) is 5.73 Å². The lowest BCUT2D eigenvalue weighted by atomic mass is 9.91. The van der Waals surface area contributed by atoms with Gasteiger partial charge in [-0.1, -0.05) is 44.7 Å². The highest BCUT2D eigenvalue weighted by Gasteiger charge is 2.43. The maximum absolute atomic E-state index is 14.3. The van der Waals surface area contributed by atoms with Gasteiger partial charge in [-0.3, -0.25) is 14.4 Å². The van der Waals surface area contributed by atoms with Gasteiger partial charge in [0.1, 0.15) is 17.7 Å². The maximum atomic E-state index is 14.3. The second-order valence-electron chi connectivity index (χ2n) is 11.2. The number of hydrogen-bond acceptors (Lipinski definition) is 5. The molecule has 0 heterocycles. The first kappa shape index (κ1) is 33.5. The fourth-order valence-corrected chi connectivity index (χ4v) is 3.97. The minimum Gasteiger partial charge on any atom is -0.444 e. The predicted molar refractivity (Wildman–Crippen MR) is 152 cm³/mol. The maximum Gasteiger partial charge on any atom is 0.408 e. The van der Waals surface area contributed by atoms with Crippen LogP contribution in [0.2, 0.25) is 0 Å². The van der Waals surface area contributed by atoms with E-state index < -0.39 is 41.1 Å². The van der Waals surface area contributed by atoms with Gasteiger partial charge < -0.3 is 26.0 Å². The fourth-order valence-electron chi connectivity index (χ4n) is 3.97. The topological polar surface area (TPSA) is 131 Å². The molecule has 0 bridgehead atoms. The van der Waals surface area contributed by atoms with Gasteiger partial charge in [-0.25, -0.2) is 4.79 Å². The van der Waals surface area contributed by atoms with E-state index in [9.17, 15) is 19.2 Å². The number of carbonyl (C=O) groups is 4. The molecule has 1 aromatic rings. The number of terminal acetylenes is 1. The number of nitrogens with two attached hydrogens (primary N) is 1. The Hall–Kier alpha value is -3.54. The van der Waals surface area contributed by atoms with E-state index in [0.717, 1.165) is 19.3 Å². The molecule has 0 aliphatic rings. The summed E-state index contributed by atoms with van der Waals surface area (Å²) in [6.07, 6.45) is 7.80. The standard InChI is InChI=1S/C30H46N4O5/c1-9-12-13-20-32-26(36)25(22-16-14-21(10-2)15-17-22)34(30(7,8)11-3)27(37)23(18-19-24(31)35)33-28(38)39-29(4,5)6/h2,14-17,23,25H,9,11-13,18-20H2,1,3-8H3,(H2,31,35)(H,32,36)(H,33,38). The Morgan fingerprint density at radius 1 is 1.05 bits per heavy atom. The number of unbranched alkanes of at least 4 members (excludes halogenated alkanes) is 2. The molecule has 1 aromatic carbocycles. The van der Waals surface area contributed by atoms with Crippen LogP contribution in [0.4, 0.5) is 4.79 Å². The van der Waals surface area contributed by atoms with Gasteiger partial charge in [-0.05, 0) is 71.6 Å². The summed E-state index contributed by atoms with van der Waals surface area (Å²) >= 11 is 0. The number of hydrogen-bond donors (Lipinski definition) is 3. The normalized spacial score (nSPS) is 13.0. The molecule has 2 unspecified atom stereocenters. The van der Waals surface area contributed by atoms with Crippen LogP contribution in [0.15, 0.2) is 24.3 Å². The second kappa shape index (κ2) is 15.2. The number of benzene rings is 1. The molecule has 9 nitrogen and oxygen atoms in total. The number of nitrogens with one attached hydrogen (secondary N) is 2. The van der Waals surface area contributed by atoms with E-state index >= 15 is 0 Å². The average Bonchev–Trinajstić information content (AvgIpc) is 2.85. The van der Waals surface area contributed by atoms with E-state index in [1.54, 1.807) is 45.0 Å². The molecule has 1 rings (SSSR count). The Kier molecular flexibility index (Phi) is 13.0. The smallest absolute Gasteiger partial charge is 0.408 e. The Morgan fingerprint density at radius 2 is 1.67 bits per heavy atom. The molecule has 0 aliphatic heterocycles. The molecule has 4 amide bonds. The summed E-state index contributed by atoms with van der Waals surface area (Å²) < 4.78 is 5.38. The summed E-state index contributed by atoms with van der Waals surface area (Å²) in [4.78, 5) is 53.8. The summed E-state index contributed by atoms with van der Waals surface area (Å²) in [6, 6.07) is 4.74. The summed E-state index contributed by atoms with van der Waals surface area (Å²) in [6.45, 7) is 13.3. The Labute approximate surface area is 233 Å². The molecule has 39 heavy (non-hydrogen) atoms. The zero-order chi connectivity index (χ0) is 29.8. The van der Waals surface area contributed by atoms with Crippen molar-refractivity contribution in [2.75, 3.05) is 6.54 Å². The van der Waals surface area contributed by atoms with E-state index in [-0.39, 0.29) is 18.7 Å². The number of primary amides is 1. The molecule has 0 saturated heterocycles. The third-order valence-corrected chi connectivity index (χ3v) is 6.40. The molecule has 0 aliphatic carbocycles. The van der Waals surface area contributed by atoms with Gasteiger partial charge in [-0.2, -0.15) is 0 Å². The van der Waals surface area contributed by atoms with Crippen molar-refractivity contribution in [3.8, 4) is 12.3 Å². The van der Waals surface area contributed by atoms with Crippen molar-refractivity contribution in [1.29, 1.82) is 0 Å². The highest BCUT2D eigenvalue weighted by molar-refractivity contribution is 5.93. The van der Waals surface area contributed by atoms with Crippen LogP contribution in [0, 0.1) is 12.3 Å². The second-order valence-corrected chi connectivity index (χ2v) is 11.2. The van der Waals surface area contributed by atoms with E-state index in [2.05, 4.69) is 23.5 Å². The molecule has 0 spiro atoms. The van der Waals surface area contributed by atoms with Gasteiger partial charge in [0.05, 0.1) is 0 Å². The zero-order valence-corrected chi connectivity index (χ0v) is 24.6. The Morgan fingerprint density at radius 3 is 2.15 bits per heavy atom. The van der Waals surface area contributed by atoms with Crippen LogP contribution in [-0.4, -0.2) is 52.4 Å². The van der Waals surface area contributed by atoms with Crippen molar-refractivity contribution in [1.82, 2.24) is 15.5 Å². The highest BCUT2D eigenvalue weighted by Crippen LogP contribution is 2.33. The van der Waals surface area contributed by atoms with Gasteiger partial charge in [0, 0.05) is 24.1 Å². The Bertz CT molecular complexity index is 1020. The van der Waals surface area contributed by atoms with Gasteiger partial charge in [0.2, 0.25) is 17.7 Å². The third kappa shape index (κ3) is 11.0. The lowest BCUT2D eigenvalue weighted by molar-refractivity contribution is -0.149. The molecule has 0 saturated carbocycles. The predicted octanol–water partition coefficient (Wildman–Crippen LogP) is 4.19. The number of amides is 4. The van der Waals surface area contributed by atoms with Gasteiger partial charge in [-0.15, -0.1) is 6.42 Å². The molecular weight excluding hydrogens is 496 g/mol. The van der Waals surface area contributed by atoms with Crippen LogP contribution in [-0.2, 0) is 19.1 Å².